The van der Waals surface area contributed by atoms with Gasteiger partial charge < -0.3 is 15.2 Å². The fraction of sp³-hybridized carbons (Fsp3) is 0.471. The highest BCUT2D eigenvalue weighted by molar-refractivity contribution is 5.97. The Morgan fingerprint density at radius 3 is 2.62 bits per heavy atom. The largest absolute Gasteiger partial charge is 0.339 e. The van der Waals surface area contributed by atoms with E-state index in [1.54, 1.807) is 25.1 Å². The average Bonchev–Trinajstić information content (AvgIpc) is 2.61. The van der Waals surface area contributed by atoms with Crippen molar-refractivity contribution in [1.29, 1.82) is 0 Å². The van der Waals surface area contributed by atoms with Crippen molar-refractivity contribution in [3.05, 3.63) is 44.6 Å². The highest BCUT2D eigenvalue weighted by Gasteiger charge is 2.23. The van der Waals surface area contributed by atoms with Crippen LogP contribution in [0.1, 0.15) is 30.1 Å². The van der Waals surface area contributed by atoms with Crippen molar-refractivity contribution in [2.24, 2.45) is 0 Å². The fourth-order valence-electron chi connectivity index (χ4n) is 3.23. The van der Waals surface area contributed by atoms with Gasteiger partial charge in [-0.2, -0.15) is 0 Å². The predicted octanol–water partition coefficient (Wildman–Crippen LogP) is 0.534. The van der Waals surface area contributed by atoms with Gasteiger partial charge in [0.15, 0.2) is 0 Å². The third-order valence-electron chi connectivity index (χ3n) is 4.74. The molecule has 1 aliphatic heterocycles. The molecule has 1 aliphatic rings. The molecule has 1 aromatic carbocycles. The number of aromatic amines is 1. The van der Waals surface area contributed by atoms with Crippen LogP contribution in [-0.4, -0.2) is 46.5 Å². The van der Waals surface area contributed by atoms with Crippen LogP contribution in [-0.2, 0) is 6.54 Å². The first-order valence-electron chi connectivity index (χ1n) is 8.28. The summed E-state index contributed by atoms with van der Waals surface area (Å²) in [5.74, 6) is -0.0630. The molecule has 1 saturated heterocycles. The summed E-state index contributed by atoms with van der Waals surface area (Å²) < 4.78 is 1.15. The molecule has 128 valence electrons. The molecule has 0 radical (unpaired) electrons. The van der Waals surface area contributed by atoms with Gasteiger partial charge in [-0.25, -0.2) is 4.79 Å². The van der Waals surface area contributed by atoms with Gasteiger partial charge in [-0.05, 0) is 45.0 Å². The van der Waals surface area contributed by atoms with Crippen molar-refractivity contribution in [3.8, 4) is 0 Å². The summed E-state index contributed by atoms with van der Waals surface area (Å²) in [6.45, 7) is 3.47. The summed E-state index contributed by atoms with van der Waals surface area (Å²) in [5, 5.41) is 3.65. The summed E-state index contributed by atoms with van der Waals surface area (Å²) >= 11 is 0. The maximum atomic E-state index is 12.7. The lowest BCUT2D eigenvalue weighted by molar-refractivity contribution is 0.0707. The monoisotopic (exact) mass is 330 g/mol. The minimum Gasteiger partial charge on any atom is -0.339 e. The van der Waals surface area contributed by atoms with E-state index in [1.807, 2.05) is 11.9 Å². The molecular weight excluding hydrogens is 308 g/mol. The van der Waals surface area contributed by atoms with Gasteiger partial charge in [-0.3, -0.25) is 14.2 Å². The number of fused-ring (bicyclic) bond motifs is 1. The first-order chi connectivity index (χ1) is 11.5. The number of amides is 1. The molecular formula is C17H22N4O3. The van der Waals surface area contributed by atoms with Crippen LogP contribution in [0.15, 0.2) is 27.8 Å². The van der Waals surface area contributed by atoms with Gasteiger partial charge >= 0.3 is 5.69 Å². The molecule has 1 amide bonds. The Bertz CT molecular complexity index is 876. The van der Waals surface area contributed by atoms with Crippen LogP contribution in [0.2, 0.25) is 0 Å². The number of rotatable bonds is 3. The third-order valence-corrected chi connectivity index (χ3v) is 4.74. The molecule has 1 aromatic heterocycles. The molecule has 2 N–H and O–H groups in total. The smallest absolute Gasteiger partial charge is 0.328 e. The minimum absolute atomic E-state index is 0.0630. The van der Waals surface area contributed by atoms with E-state index in [2.05, 4.69) is 10.3 Å². The maximum absolute atomic E-state index is 12.7. The molecule has 0 spiro atoms. The fourth-order valence-corrected chi connectivity index (χ4v) is 3.23. The molecule has 2 heterocycles. The lowest BCUT2D eigenvalue weighted by atomic mass is 10.0. The number of carbonyl (C=O) groups is 1. The van der Waals surface area contributed by atoms with Crippen LogP contribution >= 0.6 is 0 Å². The zero-order valence-corrected chi connectivity index (χ0v) is 14.0. The molecule has 7 nitrogen and oxygen atoms in total. The van der Waals surface area contributed by atoms with E-state index in [1.165, 1.54) is 0 Å². The molecule has 24 heavy (non-hydrogen) atoms. The van der Waals surface area contributed by atoms with Crippen molar-refractivity contribution in [1.82, 2.24) is 19.8 Å². The van der Waals surface area contributed by atoms with Gasteiger partial charge in [0.1, 0.15) is 0 Å². The van der Waals surface area contributed by atoms with E-state index >= 15 is 0 Å². The molecule has 7 heteroatoms. The second-order valence-electron chi connectivity index (χ2n) is 6.10. The van der Waals surface area contributed by atoms with E-state index < -0.39 is 5.69 Å². The minimum atomic E-state index is -0.450. The van der Waals surface area contributed by atoms with E-state index in [0.717, 1.165) is 17.4 Å². The number of H-pyrrole nitrogens is 1. The normalized spacial score (nSPS) is 15.8. The van der Waals surface area contributed by atoms with Crippen LogP contribution in [0.25, 0.3) is 10.9 Å². The van der Waals surface area contributed by atoms with Crippen LogP contribution in [0.3, 0.4) is 0 Å². The number of carbonyl (C=O) groups excluding carboxylic acids is 1. The molecule has 0 atom stereocenters. The van der Waals surface area contributed by atoms with Crippen LogP contribution in [0.5, 0.6) is 0 Å². The second-order valence-corrected chi connectivity index (χ2v) is 6.10. The lowest BCUT2D eigenvalue weighted by Gasteiger charge is -2.31. The van der Waals surface area contributed by atoms with E-state index in [0.29, 0.717) is 42.1 Å². The van der Waals surface area contributed by atoms with Gasteiger partial charge in [0.25, 0.3) is 11.5 Å². The van der Waals surface area contributed by atoms with Crippen molar-refractivity contribution in [3.63, 3.8) is 0 Å². The van der Waals surface area contributed by atoms with Crippen molar-refractivity contribution in [2.45, 2.75) is 32.4 Å². The molecule has 3 rings (SSSR count). The van der Waals surface area contributed by atoms with Crippen LogP contribution in [0.4, 0.5) is 0 Å². The molecule has 0 bridgehead atoms. The number of aromatic nitrogens is 2. The summed E-state index contributed by atoms with van der Waals surface area (Å²) in [5.41, 5.74) is 0.125. The van der Waals surface area contributed by atoms with Crippen LogP contribution < -0.4 is 16.6 Å². The maximum Gasteiger partial charge on any atom is 0.328 e. The van der Waals surface area contributed by atoms with Crippen LogP contribution in [0, 0.1) is 0 Å². The number of nitrogens with zero attached hydrogens (tertiary/aromatic N) is 2. The number of likely N-dealkylation sites (tertiary alicyclic amines) is 1. The van der Waals surface area contributed by atoms with E-state index in [-0.39, 0.29) is 11.5 Å². The zero-order chi connectivity index (χ0) is 17.3. The molecule has 0 unspecified atom stereocenters. The van der Waals surface area contributed by atoms with Gasteiger partial charge in [-0.1, -0.05) is 0 Å². The van der Waals surface area contributed by atoms with Gasteiger partial charge in [0, 0.05) is 31.2 Å². The first kappa shape index (κ1) is 16.4. The van der Waals surface area contributed by atoms with Crippen molar-refractivity contribution < 1.29 is 4.79 Å². The Labute approximate surface area is 139 Å². The molecule has 0 saturated carbocycles. The molecule has 1 fully saturated rings. The Kier molecular flexibility index (Phi) is 4.53. The topological polar surface area (TPSA) is 87.2 Å². The van der Waals surface area contributed by atoms with Gasteiger partial charge in [0.2, 0.25) is 0 Å². The quantitative estimate of drug-likeness (QED) is 0.860. The zero-order valence-electron chi connectivity index (χ0n) is 14.0. The molecule has 0 aliphatic carbocycles. The Morgan fingerprint density at radius 2 is 2.00 bits per heavy atom. The Balaban J connectivity index is 1.92. The highest BCUT2D eigenvalue weighted by Crippen LogP contribution is 2.16. The summed E-state index contributed by atoms with van der Waals surface area (Å²) in [4.78, 5) is 41.4. The standard InChI is InChI=1S/C17H22N4O3/c1-3-21-16(23)13-5-4-11(10-14(13)19-17(21)24)15(22)20-8-6-12(18-2)7-9-20/h4-5,10,12,18H,3,6-9H2,1-2H3,(H,19,24). The number of piperidine rings is 1. The van der Waals surface area contributed by atoms with Gasteiger partial charge in [0.05, 0.1) is 10.9 Å². The summed E-state index contributed by atoms with van der Waals surface area (Å²) in [6, 6.07) is 5.33. The first-order valence-corrected chi connectivity index (χ1v) is 8.28. The number of nitrogens with one attached hydrogen (secondary N) is 2. The average molecular weight is 330 g/mol. The highest BCUT2D eigenvalue weighted by atomic mass is 16.2. The lowest BCUT2D eigenvalue weighted by Crippen LogP contribution is -2.44. The van der Waals surface area contributed by atoms with Crippen molar-refractivity contribution in [2.75, 3.05) is 20.1 Å². The molecule has 2 aromatic rings. The second kappa shape index (κ2) is 6.60. The summed E-state index contributed by atoms with van der Waals surface area (Å²) in [6.07, 6.45) is 1.85. The Hall–Kier alpha value is -2.41. The number of hydrogen-bond acceptors (Lipinski definition) is 4. The number of hydrogen-bond donors (Lipinski definition) is 2. The Morgan fingerprint density at radius 1 is 1.29 bits per heavy atom. The van der Waals surface area contributed by atoms with E-state index in [4.69, 9.17) is 0 Å². The third kappa shape index (κ3) is 2.87. The van der Waals surface area contributed by atoms with Gasteiger partial charge in [-0.15, -0.1) is 0 Å². The summed E-state index contributed by atoms with van der Waals surface area (Å²) in [7, 11) is 1.94. The number of benzene rings is 1. The van der Waals surface area contributed by atoms with Crippen molar-refractivity contribution >= 4 is 16.8 Å². The van der Waals surface area contributed by atoms with E-state index in [9.17, 15) is 14.4 Å². The predicted molar refractivity (Wildman–Crippen MR) is 92.5 cm³/mol. The SMILES string of the molecule is CCn1c(=O)[nH]c2cc(C(=O)N3CCC(NC)CC3)ccc2c1=O.